The Morgan fingerprint density at radius 2 is 2.20 bits per heavy atom. The van der Waals surface area contributed by atoms with Gasteiger partial charge in [0.25, 0.3) is 0 Å². The lowest BCUT2D eigenvalue weighted by Gasteiger charge is -2.35. The van der Waals surface area contributed by atoms with Gasteiger partial charge in [0.15, 0.2) is 0 Å². The third-order valence-corrected chi connectivity index (χ3v) is 3.61. The van der Waals surface area contributed by atoms with Gasteiger partial charge in [0.05, 0.1) is 12.1 Å². The van der Waals surface area contributed by atoms with Crippen LogP contribution in [-0.2, 0) is 0 Å². The second-order valence-corrected chi connectivity index (χ2v) is 4.51. The van der Waals surface area contributed by atoms with Crippen LogP contribution in [0.4, 0.5) is 0 Å². The summed E-state index contributed by atoms with van der Waals surface area (Å²) < 4.78 is 0. The van der Waals surface area contributed by atoms with Crippen LogP contribution in [-0.4, -0.2) is 0 Å². The first-order valence-corrected chi connectivity index (χ1v) is 5.62. The van der Waals surface area contributed by atoms with Gasteiger partial charge in [-0.3, -0.25) is 0 Å². The second-order valence-electron chi connectivity index (χ2n) is 4.51. The molecule has 0 spiro atoms. The SMILES string of the molecule is C=CC1CCC(C(C)C#N)C(CC#N)C1. The number of hydrogen-bond donors (Lipinski definition) is 0. The summed E-state index contributed by atoms with van der Waals surface area (Å²) in [7, 11) is 0. The largest absolute Gasteiger partial charge is 0.198 e. The zero-order chi connectivity index (χ0) is 11.3. The fraction of sp³-hybridized carbons (Fsp3) is 0.692. The minimum absolute atomic E-state index is 0.0779. The quantitative estimate of drug-likeness (QED) is 0.659. The summed E-state index contributed by atoms with van der Waals surface area (Å²) in [5.41, 5.74) is 0. The van der Waals surface area contributed by atoms with E-state index in [1.54, 1.807) is 0 Å². The predicted octanol–water partition coefficient (Wildman–Crippen LogP) is 3.28. The molecule has 0 bridgehead atoms. The van der Waals surface area contributed by atoms with E-state index in [4.69, 9.17) is 10.5 Å². The molecule has 1 aliphatic carbocycles. The molecular formula is C13H18N2. The van der Waals surface area contributed by atoms with Gasteiger partial charge < -0.3 is 0 Å². The monoisotopic (exact) mass is 202 g/mol. The molecule has 0 radical (unpaired) electrons. The Morgan fingerprint density at radius 1 is 1.47 bits per heavy atom. The molecule has 2 heteroatoms. The smallest absolute Gasteiger partial charge is 0.0655 e. The normalized spacial score (nSPS) is 32.3. The van der Waals surface area contributed by atoms with Crippen LogP contribution in [0.2, 0.25) is 0 Å². The highest BCUT2D eigenvalue weighted by molar-refractivity contribution is 4.97. The van der Waals surface area contributed by atoms with Gasteiger partial charge in [0, 0.05) is 12.3 Å². The Kier molecular flexibility index (Phi) is 4.37. The van der Waals surface area contributed by atoms with E-state index in [1.165, 1.54) is 0 Å². The molecule has 0 aliphatic heterocycles. The molecule has 0 heterocycles. The molecule has 80 valence electrons. The van der Waals surface area contributed by atoms with Crippen molar-refractivity contribution < 1.29 is 0 Å². The van der Waals surface area contributed by atoms with Crippen molar-refractivity contribution in [2.45, 2.75) is 32.6 Å². The first kappa shape index (κ1) is 11.8. The van der Waals surface area contributed by atoms with E-state index in [1.807, 2.05) is 13.0 Å². The molecule has 1 fully saturated rings. The zero-order valence-electron chi connectivity index (χ0n) is 9.32. The van der Waals surface area contributed by atoms with Crippen LogP contribution in [0.1, 0.15) is 32.6 Å². The molecule has 1 saturated carbocycles. The highest BCUT2D eigenvalue weighted by Crippen LogP contribution is 2.39. The van der Waals surface area contributed by atoms with Crippen molar-refractivity contribution in [1.82, 2.24) is 0 Å². The van der Waals surface area contributed by atoms with E-state index < -0.39 is 0 Å². The van der Waals surface area contributed by atoms with E-state index in [2.05, 4.69) is 18.7 Å². The van der Waals surface area contributed by atoms with Gasteiger partial charge in [-0.1, -0.05) is 6.08 Å². The first-order chi connectivity index (χ1) is 7.22. The number of hydrogen-bond acceptors (Lipinski definition) is 2. The summed E-state index contributed by atoms with van der Waals surface area (Å²) in [5, 5.41) is 17.7. The molecule has 0 saturated heterocycles. The van der Waals surface area contributed by atoms with Gasteiger partial charge >= 0.3 is 0 Å². The van der Waals surface area contributed by atoms with E-state index >= 15 is 0 Å². The van der Waals surface area contributed by atoms with Gasteiger partial charge in [-0.05, 0) is 43.9 Å². The van der Waals surface area contributed by atoms with E-state index in [-0.39, 0.29) is 5.92 Å². The average molecular weight is 202 g/mol. The van der Waals surface area contributed by atoms with Crippen LogP contribution >= 0.6 is 0 Å². The van der Waals surface area contributed by atoms with Gasteiger partial charge in [-0.15, -0.1) is 6.58 Å². The molecule has 0 amide bonds. The molecule has 1 rings (SSSR count). The van der Waals surface area contributed by atoms with Crippen LogP contribution in [0.5, 0.6) is 0 Å². The van der Waals surface area contributed by atoms with Crippen molar-refractivity contribution in [3.8, 4) is 12.1 Å². The number of nitriles is 2. The lowest BCUT2D eigenvalue weighted by atomic mass is 9.68. The van der Waals surface area contributed by atoms with E-state index in [9.17, 15) is 0 Å². The van der Waals surface area contributed by atoms with Crippen molar-refractivity contribution in [1.29, 1.82) is 10.5 Å². The van der Waals surface area contributed by atoms with Crippen LogP contribution in [0.3, 0.4) is 0 Å². The minimum atomic E-state index is 0.0779. The molecule has 1 aliphatic rings. The van der Waals surface area contributed by atoms with Crippen molar-refractivity contribution in [2.24, 2.45) is 23.7 Å². The summed E-state index contributed by atoms with van der Waals surface area (Å²) in [6, 6.07) is 4.57. The summed E-state index contributed by atoms with van der Waals surface area (Å²) >= 11 is 0. The van der Waals surface area contributed by atoms with Gasteiger partial charge in [0.1, 0.15) is 0 Å². The van der Waals surface area contributed by atoms with E-state index in [0.29, 0.717) is 24.2 Å². The van der Waals surface area contributed by atoms with Crippen LogP contribution in [0.15, 0.2) is 12.7 Å². The Labute approximate surface area is 92.2 Å². The van der Waals surface area contributed by atoms with Crippen molar-refractivity contribution in [3.05, 3.63) is 12.7 Å². The van der Waals surface area contributed by atoms with Crippen LogP contribution in [0.25, 0.3) is 0 Å². The predicted molar refractivity (Wildman–Crippen MR) is 59.5 cm³/mol. The van der Waals surface area contributed by atoms with Gasteiger partial charge in [0.2, 0.25) is 0 Å². The van der Waals surface area contributed by atoms with Crippen molar-refractivity contribution in [3.63, 3.8) is 0 Å². The van der Waals surface area contributed by atoms with Gasteiger partial charge in [-0.25, -0.2) is 0 Å². The van der Waals surface area contributed by atoms with Gasteiger partial charge in [-0.2, -0.15) is 10.5 Å². The van der Waals surface area contributed by atoms with Crippen LogP contribution in [0, 0.1) is 46.3 Å². The zero-order valence-corrected chi connectivity index (χ0v) is 9.32. The van der Waals surface area contributed by atoms with Crippen molar-refractivity contribution in [2.75, 3.05) is 0 Å². The summed E-state index contributed by atoms with van der Waals surface area (Å²) in [4.78, 5) is 0. The number of allylic oxidation sites excluding steroid dienone is 1. The molecule has 0 aromatic rings. The standard InChI is InChI=1S/C13H18N2/c1-3-11-4-5-13(10(2)9-15)12(8-11)6-7-14/h3,10-13H,1,4-6,8H2,2H3. The molecule has 0 aromatic carbocycles. The minimum Gasteiger partial charge on any atom is -0.198 e. The third kappa shape index (κ3) is 2.83. The molecule has 0 N–H and O–H groups in total. The average Bonchev–Trinajstić information content (AvgIpc) is 2.28. The second kappa shape index (κ2) is 5.56. The fourth-order valence-corrected chi connectivity index (χ4v) is 2.64. The highest BCUT2D eigenvalue weighted by Gasteiger charge is 2.32. The topological polar surface area (TPSA) is 47.6 Å². The first-order valence-electron chi connectivity index (χ1n) is 5.62. The maximum absolute atomic E-state index is 8.94. The highest BCUT2D eigenvalue weighted by atomic mass is 14.4. The maximum Gasteiger partial charge on any atom is 0.0655 e. The third-order valence-electron chi connectivity index (χ3n) is 3.61. The Bertz CT molecular complexity index is 295. The van der Waals surface area contributed by atoms with Crippen LogP contribution < -0.4 is 0 Å². The van der Waals surface area contributed by atoms with Crippen molar-refractivity contribution >= 4 is 0 Å². The number of rotatable bonds is 3. The summed E-state index contributed by atoms with van der Waals surface area (Å²) in [6.45, 7) is 5.80. The number of nitrogens with zero attached hydrogens (tertiary/aromatic N) is 2. The molecular weight excluding hydrogens is 184 g/mol. The lowest BCUT2D eigenvalue weighted by Crippen LogP contribution is -2.28. The molecule has 4 atom stereocenters. The Balaban J connectivity index is 2.68. The molecule has 4 unspecified atom stereocenters. The molecule has 0 aromatic heterocycles. The summed E-state index contributed by atoms with van der Waals surface area (Å²) in [5.74, 6) is 1.42. The summed E-state index contributed by atoms with van der Waals surface area (Å²) in [6.07, 6.45) is 5.81. The molecule has 2 nitrogen and oxygen atoms in total. The lowest BCUT2D eigenvalue weighted by molar-refractivity contribution is 0.173. The van der Waals surface area contributed by atoms with E-state index in [0.717, 1.165) is 19.3 Å². The Morgan fingerprint density at radius 3 is 2.73 bits per heavy atom. The molecule has 15 heavy (non-hydrogen) atoms. The Hall–Kier alpha value is -1.28. The maximum atomic E-state index is 8.94. The fourth-order valence-electron chi connectivity index (χ4n) is 2.64.